The van der Waals surface area contributed by atoms with Crippen molar-refractivity contribution >= 4 is 34.8 Å². The summed E-state index contributed by atoms with van der Waals surface area (Å²) in [5.41, 5.74) is 3.52. The van der Waals surface area contributed by atoms with Gasteiger partial charge in [0.15, 0.2) is 0 Å². The normalized spacial score (nSPS) is 10.4. The lowest BCUT2D eigenvalue weighted by atomic mass is 10.2. The van der Waals surface area contributed by atoms with Crippen LogP contribution in [-0.4, -0.2) is 23.0 Å². The summed E-state index contributed by atoms with van der Waals surface area (Å²) < 4.78 is 5.29. The third-order valence-electron chi connectivity index (χ3n) is 4.01. The number of halogens is 1. The number of para-hydroxylation sites is 1. The third-order valence-corrected chi connectivity index (χ3v) is 4.42. The summed E-state index contributed by atoms with van der Waals surface area (Å²) in [5, 5.41) is 6.50. The fraction of sp³-hybridized carbons (Fsp3) is 0.150. The van der Waals surface area contributed by atoms with Gasteiger partial charge in [0, 0.05) is 23.0 Å². The van der Waals surface area contributed by atoms with Gasteiger partial charge in [-0.05, 0) is 43.2 Å². The molecule has 0 unspecified atom stereocenters. The van der Waals surface area contributed by atoms with Crippen LogP contribution in [0.15, 0.2) is 48.7 Å². The van der Waals surface area contributed by atoms with Crippen molar-refractivity contribution in [3.05, 3.63) is 70.5 Å². The van der Waals surface area contributed by atoms with Gasteiger partial charge in [-0.3, -0.25) is 4.79 Å². The fourth-order valence-corrected chi connectivity index (χ4v) is 2.65. The number of nitrogens with zero attached hydrogens (tertiary/aromatic N) is 2. The first-order valence-corrected chi connectivity index (χ1v) is 8.67. The van der Waals surface area contributed by atoms with Gasteiger partial charge < -0.3 is 15.4 Å². The van der Waals surface area contributed by atoms with Crippen molar-refractivity contribution in [1.29, 1.82) is 0 Å². The molecule has 0 radical (unpaired) electrons. The molecule has 0 aliphatic rings. The summed E-state index contributed by atoms with van der Waals surface area (Å²) in [6.45, 7) is 3.83. The van der Waals surface area contributed by atoms with Crippen molar-refractivity contribution in [2.24, 2.45) is 0 Å². The van der Waals surface area contributed by atoms with Crippen LogP contribution in [0.1, 0.15) is 21.6 Å². The average Bonchev–Trinajstić information content (AvgIpc) is 2.66. The number of aryl methyl sites for hydroxylation is 2. The van der Waals surface area contributed by atoms with Crippen LogP contribution in [0.3, 0.4) is 0 Å². The lowest BCUT2D eigenvalue weighted by molar-refractivity contribution is 0.102. The van der Waals surface area contributed by atoms with Gasteiger partial charge in [-0.25, -0.2) is 9.97 Å². The largest absolute Gasteiger partial charge is 0.495 e. The Kier molecular flexibility index (Phi) is 5.57. The summed E-state index contributed by atoms with van der Waals surface area (Å²) >= 11 is 6.11. The Morgan fingerprint density at radius 3 is 2.59 bits per heavy atom. The van der Waals surface area contributed by atoms with Gasteiger partial charge in [0.25, 0.3) is 5.91 Å². The number of amides is 1. The van der Waals surface area contributed by atoms with Crippen molar-refractivity contribution < 1.29 is 9.53 Å². The number of nitrogens with one attached hydrogen (secondary N) is 2. The molecule has 3 rings (SSSR count). The van der Waals surface area contributed by atoms with E-state index < -0.39 is 0 Å². The highest BCUT2D eigenvalue weighted by atomic mass is 35.5. The Morgan fingerprint density at radius 2 is 1.85 bits per heavy atom. The molecule has 2 N–H and O–H groups in total. The van der Waals surface area contributed by atoms with Gasteiger partial charge in [0.1, 0.15) is 11.4 Å². The van der Waals surface area contributed by atoms with Crippen molar-refractivity contribution in [2.75, 3.05) is 17.7 Å². The molecular weight excluding hydrogens is 364 g/mol. The first-order valence-electron chi connectivity index (χ1n) is 8.29. The smallest absolute Gasteiger partial charge is 0.274 e. The summed E-state index contributed by atoms with van der Waals surface area (Å²) in [4.78, 5) is 21.1. The molecule has 0 saturated heterocycles. The predicted octanol–water partition coefficient (Wildman–Crippen LogP) is 4.75. The van der Waals surface area contributed by atoms with Crippen molar-refractivity contribution in [3.63, 3.8) is 0 Å². The number of hydrogen-bond donors (Lipinski definition) is 2. The molecule has 0 saturated carbocycles. The molecule has 0 aliphatic heterocycles. The van der Waals surface area contributed by atoms with Crippen LogP contribution in [0.2, 0.25) is 5.02 Å². The Labute approximate surface area is 162 Å². The Balaban J connectivity index is 1.82. The first kappa shape index (κ1) is 18.7. The number of aromatic nitrogens is 2. The number of carbonyl (C=O) groups is 1. The summed E-state index contributed by atoms with van der Waals surface area (Å²) in [5.74, 6) is 0.452. The van der Waals surface area contributed by atoms with Crippen LogP contribution in [-0.2, 0) is 0 Å². The number of carbonyl (C=O) groups excluding carboxylic acids is 1. The fourth-order valence-electron chi connectivity index (χ4n) is 2.50. The number of methoxy groups -OCH3 is 1. The molecule has 1 amide bonds. The van der Waals surface area contributed by atoms with Crippen LogP contribution in [0.25, 0.3) is 0 Å². The first-order chi connectivity index (χ1) is 13.0. The van der Waals surface area contributed by atoms with E-state index in [4.69, 9.17) is 16.3 Å². The van der Waals surface area contributed by atoms with E-state index in [1.165, 1.54) is 13.3 Å². The van der Waals surface area contributed by atoms with E-state index in [9.17, 15) is 4.79 Å². The van der Waals surface area contributed by atoms with Gasteiger partial charge in [-0.1, -0.05) is 29.8 Å². The molecule has 6 nitrogen and oxygen atoms in total. The van der Waals surface area contributed by atoms with E-state index in [2.05, 4.69) is 20.6 Å². The highest BCUT2D eigenvalue weighted by molar-refractivity contribution is 6.31. The number of hydrogen-bond acceptors (Lipinski definition) is 5. The molecule has 0 bridgehead atoms. The molecule has 27 heavy (non-hydrogen) atoms. The van der Waals surface area contributed by atoms with E-state index in [1.807, 2.05) is 38.1 Å². The molecule has 0 aliphatic carbocycles. The molecule has 1 aromatic heterocycles. The summed E-state index contributed by atoms with van der Waals surface area (Å²) in [6.07, 6.45) is 1.53. The number of benzene rings is 2. The second-order valence-electron chi connectivity index (χ2n) is 5.96. The van der Waals surface area contributed by atoms with E-state index in [-0.39, 0.29) is 11.6 Å². The minimum atomic E-state index is -0.370. The van der Waals surface area contributed by atoms with E-state index in [0.29, 0.717) is 22.4 Å². The van der Waals surface area contributed by atoms with Gasteiger partial charge in [0.2, 0.25) is 5.95 Å². The standard InChI is InChI=1S/C20H19ClN4O2/c1-12-6-4-5-7-15(12)24-20-22-9-8-16(25-20)19(26)23-17-10-13(2)14(21)11-18(17)27-3/h4-11H,1-3H3,(H,23,26)(H,22,24,25). The van der Waals surface area contributed by atoms with Crippen LogP contribution in [0.5, 0.6) is 5.75 Å². The van der Waals surface area contributed by atoms with Crippen molar-refractivity contribution in [1.82, 2.24) is 9.97 Å². The molecular formula is C20H19ClN4O2. The zero-order valence-electron chi connectivity index (χ0n) is 15.2. The Morgan fingerprint density at radius 1 is 1.07 bits per heavy atom. The summed E-state index contributed by atoms with van der Waals surface area (Å²) in [6, 6.07) is 12.7. The lowest BCUT2D eigenvalue weighted by Crippen LogP contribution is -2.15. The van der Waals surface area contributed by atoms with Gasteiger partial charge in [-0.2, -0.15) is 0 Å². The molecule has 1 heterocycles. The van der Waals surface area contributed by atoms with Crippen molar-refractivity contribution in [2.45, 2.75) is 13.8 Å². The maximum atomic E-state index is 12.6. The lowest BCUT2D eigenvalue weighted by Gasteiger charge is -2.12. The van der Waals surface area contributed by atoms with Crippen LogP contribution in [0, 0.1) is 13.8 Å². The molecule has 0 fully saturated rings. The predicted molar refractivity (Wildman–Crippen MR) is 107 cm³/mol. The third kappa shape index (κ3) is 4.35. The molecule has 138 valence electrons. The van der Waals surface area contributed by atoms with Crippen molar-refractivity contribution in [3.8, 4) is 5.75 Å². The molecule has 7 heteroatoms. The monoisotopic (exact) mass is 382 g/mol. The molecule has 2 aromatic carbocycles. The van der Waals surface area contributed by atoms with Gasteiger partial charge in [-0.15, -0.1) is 0 Å². The highest BCUT2D eigenvalue weighted by Gasteiger charge is 2.14. The van der Waals surface area contributed by atoms with Gasteiger partial charge in [0.05, 0.1) is 12.8 Å². The number of anilines is 3. The zero-order chi connectivity index (χ0) is 19.4. The molecule has 0 spiro atoms. The maximum Gasteiger partial charge on any atom is 0.274 e. The SMILES string of the molecule is COc1cc(Cl)c(C)cc1NC(=O)c1ccnc(Nc2ccccc2C)n1. The Bertz CT molecular complexity index is 991. The molecule has 0 atom stereocenters. The highest BCUT2D eigenvalue weighted by Crippen LogP contribution is 2.31. The van der Waals surface area contributed by atoms with E-state index in [0.717, 1.165) is 16.8 Å². The number of rotatable bonds is 5. The van der Waals surface area contributed by atoms with Crippen LogP contribution in [0.4, 0.5) is 17.3 Å². The number of ether oxygens (including phenoxy) is 1. The van der Waals surface area contributed by atoms with Crippen LogP contribution >= 0.6 is 11.6 Å². The minimum Gasteiger partial charge on any atom is -0.495 e. The van der Waals surface area contributed by atoms with Gasteiger partial charge >= 0.3 is 0 Å². The zero-order valence-corrected chi connectivity index (χ0v) is 16.0. The Hall–Kier alpha value is -3.12. The summed E-state index contributed by atoms with van der Waals surface area (Å²) in [7, 11) is 1.52. The minimum absolute atomic E-state index is 0.232. The molecule has 3 aromatic rings. The topological polar surface area (TPSA) is 76.1 Å². The second kappa shape index (κ2) is 8.05. The quantitative estimate of drug-likeness (QED) is 0.665. The maximum absolute atomic E-state index is 12.6. The second-order valence-corrected chi connectivity index (χ2v) is 6.37. The van der Waals surface area contributed by atoms with Crippen LogP contribution < -0.4 is 15.4 Å². The van der Waals surface area contributed by atoms with E-state index in [1.54, 1.807) is 18.2 Å². The average molecular weight is 383 g/mol. The van der Waals surface area contributed by atoms with E-state index >= 15 is 0 Å².